The highest BCUT2D eigenvalue weighted by Crippen LogP contribution is 2.31. The number of aromatic nitrogens is 2. The molecule has 2 aromatic heterocycles. The molecule has 17 heavy (non-hydrogen) atoms. The predicted octanol–water partition coefficient (Wildman–Crippen LogP) is 1.68. The Morgan fingerprint density at radius 3 is 3.18 bits per heavy atom. The molecule has 88 valence electrons. The van der Waals surface area contributed by atoms with Crippen molar-refractivity contribution in [1.29, 1.82) is 0 Å². The number of nitrogens with two attached hydrogens (primary N) is 1. The van der Waals surface area contributed by atoms with Crippen molar-refractivity contribution >= 4 is 45.1 Å². The molecule has 5 nitrogen and oxygen atoms in total. The molecule has 1 aliphatic heterocycles. The van der Waals surface area contributed by atoms with Gasteiger partial charge in [-0.05, 0) is 11.4 Å². The Balaban J connectivity index is 1.92. The van der Waals surface area contributed by atoms with E-state index in [1.807, 2.05) is 11.4 Å². The van der Waals surface area contributed by atoms with E-state index < -0.39 is 0 Å². The third-order valence-electron chi connectivity index (χ3n) is 2.47. The fraction of sp³-hybridized carbons (Fsp3) is 0.300. The number of hydrogen-bond donors (Lipinski definition) is 1. The molecule has 0 bridgehead atoms. The van der Waals surface area contributed by atoms with Crippen molar-refractivity contribution in [1.82, 2.24) is 9.97 Å². The first-order valence-electron chi connectivity index (χ1n) is 5.08. The number of cyclic esters (lactones) is 1. The third kappa shape index (κ3) is 1.96. The summed E-state index contributed by atoms with van der Waals surface area (Å²) in [5.74, 6) is 0.272. The maximum atomic E-state index is 11.3. The Bertz CT molecular complexity index is 584. The second kappa shape index (κ2) is 4.15. The molecule has 2 N–H and O–H groups in total. The van der Waals surface area contributed by atoms with Gasteiger partial charge in [0.15, 0.2) is 5.16 Å². The van der Waals surface area contributed by atoms with Crippen LogP contribution in [0.4, 0.5) is 5.82 Å². The minimum Gasteiger partial charge on any atom is -0.465 e. The first-order chi connectivity index (χ1) is 8.24. The molecule has 1 unspecified atom stereocenters. The van der Waals surface area contributed by atoms with Crippen LogP contribution in [0.2, 0.25) is 0 Å². The second-order valence-electron chi connectivity index (χ2n) is 3.59. The highest BCUT2D eigenvalue weighted by molar-refractivity contribution is 8.00. The summed E-state index contributed by atoms with van der Waals surface area (Å²) in [6.07, 6.45) is 0.704. The SMILES string of the molecule is Nc1nc(SC2CCOC2=O)nc2sccc12. The molecule has 3 heterocycles. The molecule has 1 saturated heterocycles. The Morgan fingerprint density at radius 2 is 2.41 bits per heavy atom. The number of ether oxygens (including phenoxy) is 1. The molecule has 0 saturated carbocycles. The van der Waals surface area contributed by atoms with Gasteiger partial charge in [0.05, 0.1) is 12.0 Å². The maximum absolute atomic E-state index is 11.3. The van der Waals surface area contributed by atoms with E-state index in [2.05, 4.69) is 9.97 Å². The monoisotopic (exact) mass is 267 g/mol. The fourth-order valence-corrected chi connectivity index (χ4v) is 3.38. The smallest absolute Gasteiger partial charge is 0.319 e. The van der Waals surface area contributed by atoms with E-state index in [4.69, 9.17) is 10.5 Å². The van der Waals surface area contributed by atoms with E-state index in [1.165, 1.54) is 23.1 Å². The predicted molar refractivity (Wildman–Crippen MR) is 67.0 cm³/mol. The molecule has 1 fully saturated rings. The largest absolute Gasteiger partial charge is 0.465 e. The van der Waals surface area contributed by atoms with Crippen molar-refractivity contribution in [2.24, 2.45) is 0 Å². The van der Waals surface area contributed by atoms with Gasteiger partial charge in [-0.25, -0.2) is 9.97 Å². The molecule has 1 atom stereocenters. The molecule has 2 aromatic rings. The van der Waals surface area contributed by atoms with Crippen LogP contribution < -0.4 is 5.73 Å². The molecule has 1 aliphatic rings. The van der Waals surface area contributed by atoms with Crippen LogP contribution in [-0.2, 0) is 9.53 Å². The van der Waals surface area contributed by atoms with Gasteiger partial charge in [0.25, 0.3) is 0 Å². The summed E-state index contributed by atoms with van der Waals surface area (Å²) in [5, 5.41) is 3.13. The molecule has 0 amide bonds. The van der Waals surface area contributed by atoms with E-state index in [-0.39, 0.29) is 11.2 Å². The van der Waals surface area contributed by atoms with Gasteiger partial charge in [-0.2, -0.15) is 0 Å². The Morgan fingerprint density at radius 1 is 1.53 bits per heavy atom. The number of carbonyl (C=O) groups excluding carboxylic acids is 1. The minimum atomic E-state index is -0.202. The van der Waals surface area contributed by atoms with Gasteiger partial charge < -0.3 is 10.5 Å². The van der Waals surface area contributed by atoms with Crippen molar-refractivity contribution < 1.29 is 9.53 Å². The lowest BCUT2D eigenvalue weighted by Gasteiger charge is -2.04. The van der Waals surface area contributed by atoms with E-state index in [1.54, 1.807) is 0 Å². The molecule has 0 radical (unpaired) electrons. The summed E-state index contributed by atoms with van der Waals surface area (Å²) in [6, 6.07) is 1.90. The molecular weight excluding hydrogens is 258 g/mol. The second-order valence-corrected chi connectivity index (χ2v) is 5.66. The lowest BCUT2D eigenvalue weighted by Crippen LogP contribution is -2.10. The van der Waals surface area contributed by atoms with Crippen LogP contribution in [0.5, 0.6) is 0 Å². The topological polar surface area (TPSA) is 78.1 Å². The molecule has 3 rings (SSSR count). The van der Waals surface area contributed by atoms with Crippen LogP contribution in [0.1, 0.15) is 6.42 Å². The van der Waals surface area contributed by atoms with Crippen molar-refractivity contribution in [3.63, 3.8) is 0 Å². The zero-order valence-corrected chi connectivity index (χ0v) is 10.4. The van der Waals surface area contributed by atoms with Gasteiger partial charge in [-0.3, -0.25) is 4.79 Å². The van der Waals surface area contributed by atoms with Gasteiger partial charge >= 0.3 is 5.97 Å². The summed E-state index contributed by atoms with van der Waals surface area (Å²) in [6.45, 7) is 0.479. The lowest BCUT2D eigenvalue weighted by molar-refractivity contribution is -0.137. The maximum Gasteiger partial charge on any atom is 0.319 e. The number of esters is 1. The Kier molecular flexibility index (Phi) is 2.64. The minimum absolute atomic E-state index is 0.191. The standard InChI is InChI=1S/C10H9N3O2S2/c11-7-5-2-4-16-8(5)13-10(12-7)17-6-1-3-15-9(6)14/h2,4,6H,1,3H2,(H2,11,12,13). The molecular formula is C10H9N3O2S2. The van der Waals surface area contributed by atoms with Crippen molar-refractivity contribution in [3.05, 3.63) is 11.4 Å². The van der Waals surface area contributed by atoms with Gasteiger partial charge in [-0.1, -0.05) is 11.8 Å². The Hall–Kier alpha value is -1.34. The number of thiophene rings is 1. The Labute approximate surface area is 105 Å². The van der Waals surface area contributed by atoms with Gasteiger partial charge in [0.2, 0.25) is 0 Å². The van der Waals surface area contributed by atoms with Gasteiger partial charge in [-0.15, -0.1) is 11.3 Å². The number of fused-ring (bicyclic) bond motifs is 1. The number of nitrogen functional groups attached to an aromatic ring is 1. The van der Waals surface area contributed by atoms with E-state index in [0.717, 1.165) is 10.2 Å². The lowest BCUT2D eigenvalue weighted by atomic mass is 10.4. The van der Waals surface area contributed by atoms with E-state index in [9.17, 15) is 4.79 Å². The van der Waals surface area contributed by atoms with Gasteiger partial charge in [0, 0.05) is 6.42 Å². The van der Waals surface area contributed by atoms with Crippen LogP contribution in [0.25, 0.3) is 10.2 Å². The summed E-state index contributed by atoms with van der Waals surface area (Å²) in [7, 11) is 0. The summed E-state index contributed by atoms with van der Waals surface area (Å²) in [5.41, 5.74) is 5.84. The highest BCUT2D eigenvalue weighted by atomic mass is 32.2. The van der Waals surface area contributed by atoms with Crippen LogP contribution in [0.15, 0.2) is 16.6 Å². The number of thioether (sulfide) groups is 1. The van der Waals surface area contributed by atoms with E-state index >= 15 is 0 Å². The normalized spacial score (nSPS) is 19.8. The summed E-state index contributed by atoms with van der Waals surface area (Å²) in [4.78, 5) is 20.8. The van der Waals surface area contributed by atoms with Crippen molar-refractivity contribution in [3.8, 4) is 0 Å². The zero-order chi connectivity index (χ0) is 11.8. The molecule has 0 aliphatic carbocycles. The van der Waals surface area contributed by atoms with Crippen molar-refractivity contribution in [2.75, 3.05) is 12.3 Å². The number of anilines is 1. The first kappa shape index (κ1) is 10.8. The molecule has 0 aromatic carbocycles. The molecule has 7 heteroatoms. The van der Waals surface area contributed by atoms with Crippen LogP contribution in [0, 0.1) is 0 Å². The summed E-state index contributed by atoms with van der Waals surface area (Å²) >= 11 is 2.84. The highest BCUT2D eigenvalue weighted by Gasteiger charge is 2.28. The van der Waals surface area contributed by atoms with Crippen molar-refractivity contribution in [2.45, 2.75) is 16.8 Å². The third-order valence-corrected chi connectivity index (χ3v) is 4.38. The van der Waals surface area contributed by atoms with Crippen LogP contribution in [0.3, 0.4) is 0 Å². The number of carbonyl (C=O) groups is 1. The average Bonchev–Trinajstić information content (AvgIpc) is 2.89. The fourth-order valence-electron chi connectivity index (χ4n) is 1.62. The molecule has 0 spiro atoms. The first-order valence-corrected chi connectivity index (χ1v) is 6.84. The van der Waals surface area contributed by atoms with Crippen LogP contribution >= 0.6 is 23.1 Å². The zero-order valence-electron chi connectivity index (χ0n) is 8.75. The average molecular weight is 267 g/mol. The van der Waals surface area contributed by atoms with E-state index in [0.29, 0.717) is 24.0 Å². The number of nitrogens with zero attached hydrogens (tertiary/aromatic N) is 2. The summed E-state index contributed by atoms with van der Waals surface area (Å²) < 4.78 is 4.90. The number of rotatable bonds is 2. The van der Waals surface area contributed by atoms with Crippen LogP contribution in [-0.4, -0.2) is 27.8 Å². The quantitative estimate of drug-likeness (QED) is 0.659. The van der Waals surface area contributed by atoms with Gasteiger partial charge in [0.1, 0.15) is 15.9 Å². The number of hydrogen-bond acceptors (Lipinski definition) is 7.